The summed E-state index contributed by atoms with van der Waals surface area (Å²) in [6.07, 6.45) is 1.16. The van der Waals surface area contributed by atoms with Crippen molar-refractivity contribution in [1.82, 2.24) is 0 Å². The van der Waals surface area contributed by atoms with E-state index >= 15 is 0 Å². The maximum absolute atomic E-state index is 12.9. The summed E-state index contributed by atoms with van der Waals surface area (Å²) < 4.78 is 25.8. The van der Waals surface area contributed by atoms with Crippen molar-refractivity contribution in [3.05, 3.63) is 0 Å². The van der Waals surface area contributed by atoms with Crippen LogP contribution in [0.4, 0.5) is 8.78 Å². The van der Waals surface area contributed by atoms with E-state index in [-0.39, 0.29) is 18.3 Å². The Hall–Kier alpha value is -0.220. The van der Waals surface area contributed by atoms with Crippen molar-refractivity contribution < 1.29 is 13.6 Å². The van der Waals surface area contributed by atoms with E-state index in [1.165, 1.54) is 0 Å². The minimum absolute atomic E-state index is 0.00562. The molecule has 0 bridgehead atoms. The van der Waals surface area contributed by atoms with Crippen LogP contribution in [0.15, 0.2) is 0 Å². The highest BCUT2D eigenvalue weighted by atomic mass is 19.3. The summed E-state index contributed by atoms with van der Waals surface area (Å²) in [5.41, 5.74) is -0.0920. The van der Waals surface area contributed by atoms with E-state index in [0.29, 0.717) is 25.4 Å². The largest absolute Gasteiger partial charge is 0.304 e. The van der Waals surface area contributed by atoms with Crippen molar-refractivity contribution in [3.63, 3.8) is 0 Å². The molecule has 0 amide bonds. The Kier molecular flexibility index (Phi) is 3.48. The fraction of sp³-hybridized carbons (Fsp3) is 1.00. The lowest BCUT2D eigenvalue weighted by Gasteiger charge is -2.38. The Bertz CT molecular complexity index is 185. The van der Waals surface area contributed by atoms with Gasteiger partial charge in [0.25, 0.3) is 0 Å². The average molecular weight is 207 g/mol. The van der Waals surface area contributed by atoms with Crippen molar-refractivity contribution >= 4 is 0 Å². The molecule has 0 atom stereocenters. The molecule has 0 heterocycles. The first-order valence-corrected chi connectivity index (χ1v) is 5.07. The van der Waals surface area contributed by atoms with Gasteiger partial charge in [0.15, 0.2) is 0 Å². The molecule has 84 valence electrons. The van der Waals surface area contributed by atoms with Crippen LogP contribution in [0.2, 0.25) is 0 Å². The molecule has 2 nitrogen and oxygen atoms in total. The van der Waals surface area contributed by atoms with Crippen molar-refractivity contribution in [3.8, 4) is 0 Å². The molecule has 0 aromatic heterocycles. The molecule has 1 fully saturated rings. The Morgan fingerprint density at radius 3 is 2.29 bits per heavy atom. The third-order valence-corrected chi connectivity index (χ3v) is 3.28. The zero-order valence-electron chi connectivity index (χ0n) is 8.85. The van der Waals surface area contributed by atoms with Crippen LogP contribution in [-0.4, -0.2) is 12.5 Å². The molecule has 1 rings (SSSR count). The molecule has 1 aliphatic rings. The van der Waals surface area contributed by atoms with Gasteiger partial charge in [-0.1, -0.05) is 13.8 Å². The van der Waals surface area contributed by atoms with Crippen molar-refractivity contribution in [2.45, 2.75) is 45.5 Å². The van der Waals surface area contributed by atoms with Crippen LogP contribution < -0.4 is 5.90 Å². The normalized spacial score (nSPS) is 23.8. The molecule has 0 radical (unpaired) electrons. The van der Waals surface area contributed by atoms with Gasteiger partial charge < -0.3 is 4.84 Å². The standard InChI is InChI=1S/C10H19F2NO/c1-9(2,7-14-13)8-3-5-10(11,12)6-4-8/h8H,3-7,13H2,1-2H3. The van der Waals surface area contributed by atoms with E-state index in [1.807, 2.05) is 13.8 Å². The lowest BCUT2D eigenvalue weighted by atomic mass is 9.71. The molecule has 1 saturated carbocycles. The monoisotopic (exact) mass is 207 g/mol. The lowest BCUT2D eigenvalue weighted by molar-refractivity contribution is -0.0720. The van der Waals surface area contributed by atoms with Crippen LogP contribution >= 0.6 is 0 Å². The van der Waals surface area contributed by atoms with Gasteiger partial charge in [0.2, 0.25) is 5.92 Å². The van der Waals surface area contributed by atoms with Gasteiger partial charge in [-0.25, -0.2) is 14.7 Å². The Morgan fingerprint density at radius 2 is 1.86 bits per heavy atom. The summed E-state index contributed by atoms with van der Waals surface area (Å²) in [4.78, 5) is 4.62. The first kappa shape index (κ1) is 11.9. The molecule has 0 unspecified atom stereocenters. The van der Waals surface area contributed by atoms with Crippen LogP contribution in [0, 0.1) is 11.3 Å². The number of rotatable bonds is 3. The second-order valence-electron chi connectivity index (χ2n) is 4.93. The van der Waals surface area contributed by atoms with Gasteiger partial charge in [-0.15, -0.1) is 0 Å². The predicted molar refractivity (Wildman–Crippen MR) is 50.8 cm³/mol. The van der Waals surface area contributed by atoms with Gasteiger partial charge in [0.1, 0.15) is 0 Å². The summed E-state index contributed by atoms with van der Waals surface area (Å²) in [6, 6.07) is 0. The van der Waals surface area contributed by atoms with E-state index < -0.39 is 5.92 Å². The van der Waals surface area contributed by atoms with E-state index in [4.69, 9.17) is 5.90 Å². The van der Waals surface area contributed by atoms with E-state index in [2.05, 4.69) is 4.84 Å². The minimum Gasteiger partial charge on any atom is -0.304 e. The molecule has 0 spiro atoms. The summed E-state index contributed by atoms with van der Waals surface area (Å²) in [6.45, 7) is 4.48. The smallest absolute Gasteiger partial charge is 0.248 e. The molecular weight excluding hydrogens is 188 g/mol. The van der Waals surface area contributed by atoms with Gasteiger partial charge in [-0.3, -0.25) is 0 Å². The number of nitrogens with two attached hydrogens (primary N) is 1. The van der Waals surface area contributed by atoms with Crippen LogP contribution in [0.1, 0.15) is 39.5 Å². The number of hydrogen-bond acceptors (Lipinski definition) is 2. The zero-order chi connectivity index (χ0) is 10.8. The van der Waals surface area contributed by atoms with E-state index in [9.17, 15) is 8.78 Å². The second-order valence-corrected chi connectivity index (χ2v) is 4.93. The van der Waals surface area contributed by atoms with Crippen molar-refractivity contribution in [1.29, 1.82) is 0 Å². The molecule has 14 heavy (non-hydrogen) atoms. The van der Waals surface area contributed by atoms with Crippen molar-refractivity contribution in [2.24, 2.45) is 17.2 Å². The highest BCUT2D eigenvalue weighted by Gasteiger charge is 2.40. The second kappa shape index (κ2) is 4.11. The van der Waals surface area contributed by atoms with E-state index in [1.54, 1.807) is 0 Å². The summed E-state index contributed by atoms with van der Waals surface area (Å²) in [5.74, 6) is 2.88. The maximum atomic E-state index is 12.9. The molecule has 0 aromatic rings. The van der Waals surface area contributed by atoms with Crippen LogP contribution in [-0.2, 0) is 4.84 Å². The molecule has 0 aromatic carbocycles. The summed E-state index contributed by atoms with van der Waals surface area (Å²) in [7, 11) is 0. The minimum atomic E-state index is -2.45. The molecular formula is C10H19F2NO. The van der Waals surface area contributed by atoms with E-state index in [0.717, 1.165) is 0 Å². The third kappa shape index (κ3) is 2.89. The zero-order valence-corrected chi connectivity index (χ0v) is 8.85. The predicted octanol–water partition coefficient (Wildman–Crippen LogP) is 2.73. The molecule has 1 aliphatic carbocycles. The highest BCUT2D eigenvalue weighted by molar-refractivity contribution is 4.85. The van der Waals surface area contributed by atoms with Crippen LogP contribution in [0.5, 0.6) is 0 Å². The first-order valence-electron chi connectivity index (χ1n) is 5.07. The summed E-state index contributed by atoms with van der Waals surface area (Å²) in [5, 5.41) is 0. The average Bonchev–Trinajstić information content (AvgIpc) is 2.03. The molecule has 0 aliphatic heterocycles. The Morgan fingerprint density at radius 1 is 1.36 bits per heavy atom. The van der Waals surface area contributed by atoms with Crippen LogP contribution in [0.3, 0.4) is 0 Å². The summed E-state index contributed by atoms with van der Waals surface area (Å²) >= 11 is 0. The van der Waals surface area contributed by atoms with Crippen molar-refractivity contribution in [2.75, 3.05) is 6.61 Å². The number of alkyl halides is 2. The van der Waals surface area contributed by atoms with Gasteiger partial charge in [-0.2, -0.15) is 0 Å². The first-order chi connectivity index (χ1) is 6.37. The Balaban J connectivity index is 2.48. The number of halogens is 2. The van der Waals surface area contributed by atoms with Gasteiger partial charge in [-0.05, 0) is 24.2 Å². The SMILES string of the molecule is CC(C)(CON)C1CCC(F)(F)CC1. The third-order valence-electron chi connectivity index (χ3n) is 3.28. The fourth-order valence-corrected chi connectivity index (χ4v) is 2.15. The van der Waals surface area contributed by atoms with Gasteiger partial charge in [0.05, 0.1) is 6.61 Å². The Labute approximate surface area is 83.8 Å². The highest BCUT2D eigenvalue weighted by Crippen LogP contribution is 2.43. The fourth-order valence-electron chi connectivity index (χ4n) is 2.15. The number of hydrogen-bond donors (Lipinski definition) is 1. The molecule has 0 saturated heterocycles. The van der Waals surface area contributed by atoms with Crippen LogP contribution in [0.25, 0.3) is 0 Å². The quantitative estimate of drug-likeness (QED) is 0.722. The molecule has 2 N–H and O–H groups in total. The lowest BCUT2D eigenvalue weighted by Crippen LogP contribution is -2.36. The molecule has 4 heteroatoms. The maximum Gasteiger partial charge on any atom is 0.248 e. The topological polar surface area (TPSA) is 35.2 Å². The van der Waals surface area contributed by atoms with Gasteiger partial charge in [0, 0.05) is 12.8 Å². The van der Waals surface area contributed by atoms with Gasteiger partial charge >= 0.3 is 0 Å².